The number of carbonyl (C=O) groups is 1. The fourth-order valence-corrected chi connectivity index (χ4v) is 3.37. The first-order valence-corrected chi connectivity index (χ1v) is 9.62. The van der Waals surface area contributed by atoms with Crippen LogP contribution in [0.3, 0.4) is 0 Å². The summed E-state index contributed by atoms with van der Waals surface area (Å²) in [4.78, 5) is 19.2. The van der Waals surface area contributed by atoms with Gasteiger partial charge in [0.15, 0.2) is 5.78 Å². The van der Waals surface area contributed by atoms with Crippen molar-refractivity contribution in [3.8, 4) is 0 Å². The van der Waals surface area contributed by atoms with Crippen LogP contribution in [0.15, 0.2) is 48.5 Å². The molecule has 0 aliphatic rings. The van der Waals surface area contributed by atoms with E-state index in [0.717, 1.165) is 5.39 Å². The summed E-state index contributed by atoms with van der Waals surface area (Å²) in [5, 5.41) is 11.2. The molecule has 4 aromatic rings. The third-order valence-electron chi connectivity index (χ3n) is 4.32. The van der Waals surface area contributed by atoms with Crippen molar-refractivity contribution in [2.45, 2.75) is 20.0 Å². The van der Waals surface area contributed by atoms with Crippen LogP contribution >= 0.6 is 23.2 Å². The molecule has 0 saturated heterocycles. The Morgan fingerprint density at radius 1 is 0.900 bits per heavy atom. The van der Waals surface area contributed by atoms with Gasteiger partial charge in [-0.05, 0) is 50.2 Å². The highest BCUT2D eigenvalue weighted by atomic mass is 35.5. The molecule has 0 fully saturated rings. The molecule has 2 aromatic carbocycles. The number of Topliss-reactive ketones (excluding diaryl/α,β-unsaturated/α-hetero) is 1. The lowest BCUT2D eigenvalue weighted by molar-refractivity contribution is 0.101. The molecule has 0 spiro atoms. The molecule has 4 nitrogen and oxygen atoms in total. The van der Waals surface area contributed by atoms with Crippen molar-refractivity contribution in [2.24, 2.45) is 0 Å². The zero-order chi connectivity index (χ0) is 22.0. The van der Waals surface area contributed by atoms with E-state index >= 15 is 0 Å². The zero-order valence-electron chi connectivity index (χ0n) is 16.0. The highest BCUT2D eigenvalue weighted by Crippen LogP contribution is 2.26. The molecule has 30 heavy (non-hydrogen) atoms. The minimum atomic E-state index is -0.681. The molecule has 1 N–H and O–H groups in total. The van der Waals surface area contributed by atoms with Crippen LogP contribution in [0.25, 0.3) is 21.8 Å². The van der Waals surface area contributed by atoms with Crippen molar-refractivity contribution >= 4 is 50.8 Å². The maximum absolute atomic E-state index is 12.9. The summed E-state index contributed by atoms with van der Waals surface area (Å²) in [6.45, 7) is 3.02. The maximum Gasteiger partial charge on any atom is 0.162 e. The van der Waals surface area contributed by atoms with E-state index in [1.165, 1.54) is 31.2 Å². The molecular weight excluding hydrogens is 433 g/mol. The number of carbonyl (C=O) groups excluding carboxylic acids is 1. The summed E-state index contributed by atoms with van der Waals surface area (Å²) < 4.78 is 25.8. The molecule has 2 aromatic heterocycles. The Bertz CT molecular complexity index is 1260. The lowest BCUT2D eigenvalue weighted by Gasteiger charge is -2.08. The number of pyridine rings is 2. The number of aliphatic hydroxyl groups is 1. The molecule has 0 amide bonds. The Morgan fingerprint density at radius 2 is 1.40 bits per heavy atom. The fourth-order valence-electron chi connectivity index (χ4n) is 2.79. The minimum absolute atomic E-state index is 0.112. The summed E-state index contributed by atoms with van der Waals surface area (Å²) in [6, 6.07) is 11.8. The van der Waals surface area contributed by atoms with Crippen LogP contribution < -0.4 is 0 Å². The SMILES string of the molecule is CC(=O)c1cc2ccc(F)cc2nc1Cl.C[C@@H](O)c1cc2ccc(F)cc2nc1Cl. The number of nitrogens with zero attached hydrogens (tertiary/aromatic N) is 2. The monoisotopic (exact) mass is 448 g/mol. The number of aliphatic hydroxyl groups excluding tert-OH is 1. The van der Waals surface area contributed by atoms with E-state index in [-0.39, 0.29) is 27.7 Å². The van der Waals surface area contributed by atoms with Gasteiger partial charge in [0.05, 0.1) is 22.7 Å². The number of benzene rings is 2. The summed E-state index contributed by atoms with van der Waals surface area (Å²) in [7, 11) is 0. The maximum atomic E-state index is 12.9. The van der Waals surface area contributed by atoms with Gasteiger partial charge in [0.1, 0.15) is 21.9 Å². The van der Waals surface area contributed by atoms with E-state index in [9.17, 15) is 18.7 Å². The molecule has 0 unspecified atom stereocenters. The average Bonchev–Trinajstić information content (AvgIpc) is 2.66. The second-order valence-corrected chi connectivity index (χ2v) is 7.32. The summed E-state index contributed by atoms with van der Waals surface area (Å²) >= 11 is 11.7. The molecule has 0 aliphatic carbocycles. The van der Waals surface area contributed by atoms with E-state index in [1.54, 1.807) is 31.2 Å². The number of halogens is 4. The van der Waals surface area contributed by atoms with Gasteiger partial charge >= 0.3 is 0 Å². The smallest absolute Gasteiger partial charge is 0.162 e. The summed E-state index contributed by atoms with van der Waals surface area (Å²) in [5.41, 5.74) is 1.85. The van der Waals surface area contributed by atoms with Gasteiger partial charge in [0.2, 0.25) is 0 Å². The van der Waals surface area contributed by atoms with Gasteiger partial charge in [-0.1, -0.05) is 23.2 Å². The summed E-state index contributed by atoms with van der Waals surface area (Å²) in [6.07, 6.45) is -0.681. The van der Waals surface area contributed by atoms with Crippen LogP contribution in [-0.4, -0.2) is 20.9 Å². The van der Waals surface area contributed by atoms with E-state index in [1.807, 2.05) is 0 Å². The molecular formula is C22H16Cl2F2N2O2. The van der Waals surface area contributed by atoms with Gasteiger partial charge < -0.3 is 5.11 Å². The van der Waals surface area contributed by atoms with Gasteiger partial charge in [-0.2, -0.15) is 0 Å². The molecule has 8 heteroatoms. The Kier molecular flexibility index (Phi) is 6.61. The molecule has 2 heterocycles. The highest BCUT2D eigenvalue weighted by Gasteiger charge is 2.10. The Hall–Kier alpha value is -2.67. The predicted molar refractivity (Wildman–Crippen MR) is 114 cm³/mol. The fraction of sp³-hybridized carbons (Fsp3) is 0.136. The number of aromatic nitrogens is 2. The lowest BCUT2D eigenvalue weighted by Crippen LogP contribution is -1.96. The lowest BCUT2D eigenvalue weighted by atomic mass is 10.1. The first kappa shape index (κ1) is 22.0. The number of rotatable bonds is 2. The van der Waals surface area contributed by atoms with Crippen LogP contribution in [-0.2, 0) is 0 Å². The quantitative estimate of drug-likeness (QED) is 0.288. The topological polar surface area (TPSA) is 63.1 Å². The van der Waals surface area contributed by atoms with Crippen LogP contribution in [0.5, 0.6) is 0 Å². The first-order chi connectivity index (χ1) is 14.2. The number of hydrogen-bond acceptors (Lipinski definition) is 4. The highest BCUT2D eigenvalue weighted by molar-refractivity contribution is 6.33. The third kappa shape index (κ3) is 4.90. The Morgan fingerprint density at radius 3 is 1.90 bits per heavy atom. The van der Waals surface area contributed by atoms with Crippen LogP contribution in [0.4, 0.5) is 8.78 Å². The van der Waals surface area contributed by atoms with E-state index in [0.29, 0.717) is 27.5 Å². The van der Waals surface area contributed by atoms with E-state index in [2.05, 4.69) is 9.97 Å². The molecule has 0 radical (unpaired) electrons. The third-order valence-corrected chi connectivity index (χ3v) is 4.91. The van der Waals surface area contributed by atoms with Crippen LogP contribution in [0, 0.1) is 11.6 Å². The first-order valence-electron chi connectivity index (χ1n) is 8.86. The summed E-state index contributed by atoms with van der Waals surface area (Å²) in [5.74, 6) is -0.878. The Balaban J connectivity index is 0.000000171. The predicted octanol–water partition coefficient (Wildman–Crippen LogP) is 6.31. The van der Waals surface area contributed by atoms with Crippen molar-refractivity contribution in [3.05, 3.63) is 81.6 Å². The standard InChI is InChI=1S/C11H9ClFNO.C11H7ClFNO/c2*1-6(15)9-4-7-2-3-8(13)5-10(7)14-11(9)12/h2-6,15H,1H3;2-5H,1H3/t6-;/m1./s1. The van der Waals surface area contributed by atoms with Crippen molar-refractivity contribution < 1.29 is 18.7 Å². The number of hydrogen-bond donors (Lipinski definition) is 1. The largest absolute Gasteiger partial charge is 0.389 e. The molecule has 154 valence electrons. The minimum Gasteiger partial charge on any atom is -0.389 e. The van der Waals surface area contributed by atoms with Gasteiger partial charge in [-0.15, -0.1) is 0 Å². The molecule has 1 atom stereocenters. The van der Waals surface area contributed by atoms with Gasteiger partial charge in [0, 0.05) is 28.5 Å². The van der Waals surface area contributed by atoms with Crippen molar-refractivity contribution in [1.29, 1.82) is 0 Å². The van der Waals surface area contributed by atoms with Gasteiger partial charge in [-0.3, -0.25) is 4.79 Å². The zero-order valence-corrected chi connectivity index (χ0v) is 17.5. The average molecular weight is 449 g/mol. The van der Waals surface area contributed by atoms with Crippen molar-refractivity contribution in [3.63, 3.8) is 0 Å². The van der Waals surface area contributed by atoms with Crippen LogP contribution in [0.1, 0.15) is 35.9 Å². The normalized spacial score (nSPS) is 11.8. The van der Waals surface area contributed by atoms with Crippen molar-refractivity contribution in [1.82, 2.24) is 9.97 Å². The second-order valence-electron chi connectivity index (χ2n) is 6.60. The van der Waals surface area contributed by atoms with Crippen molar-refractivity contribution in [2.75, 3.05) is 0 Å². The molecule has 4 rings (SSSR count). The Labute approximate surface area is 181 Å². The molecule has 0 saturated carbocycles. The van der Waals surface area contributed by atoms with Crippen LogP contribution in [0.2, 0.25) is 10.3 Å². The second kappa shape index (κ2) is 9.00. The van der Waals surface area contributed by atoms with Gasteiger partial charge in [0.25, 0.3) is 0 Å². The molecule has 0 aliphatic heterocycles. The van der Waals surface area contributed by atoms with E-state index < -0.39 is 6.10 Å². The van der Waals surface area contributed by atoms with E-state index in [4.69, 9.17) is 23.2 Å². The number of ketones is 1. The number of fused-ring (bicyclic) bond motifs is 2. The molecule has 0 bridgehead atoms. The van der Waals surface area contributed by atoms with Gasteiger partial charge in [-0.25, -0.2) is 18.7 Å².